The second-order valence-electron chi connectivity index (χ2n) is 5.90. The van der Waals surface area contributed by atoms with Crippen molar-refractivity contribution in [3.8, 4) is 11.4 Å². The Morgan fingerprint density at radius 1 is 0.893 bits per heavy atom. The van der Waals surface area contributed by atoms with Gasteiger partial charge in [0.25, 0.3) is 0 Å². The average molecular weight is 412 g/mol. The van der Waals surface area contributed by atoms with E-state index in [2.05, 4.69) is 15.3 Å². The van der Waals surface area contributed by atoms with Gasteiger partial charge in [-0.3, -0.25) is 0 Å². The molecule has 0 aliphatic heterocycles. The predicted molar refractivity (Wildman–Crippen MR) is 114 cm³/mol. The van der Waals surface area contributed by atoms with E-state index < -0.39 is 5.97 Å². The van der Waals surface area contributed by atoms with Gasteiger partial charge in [-0.25, -0.2) is 14.8 Å². The van der Waals surface area contributed by atoms with Crippen LogP contribution >= 0.6 is 24.0 Å². The summed E-state index contributed by atoms with van der Waals surface area (Å²) in [4.78, 5) is 20.3. The van der Waals surface area contributed by atoms with Gasteiger partial charge in [-0.15, -0.1) is 12.4 Å². The maximum Gasteiger partial charge on any atom is 0.335 e. The Kier molecular flexibility index (Phi) is 5.78. The molecule has 2 N–H and O–H groups in total. The van der Waals surface area contributed by atoms with E-state index in [9.17, 15) is 4.79 Å². The molecule has 1 aromatic heterocycles. The highest BCUT2D eigenvalue weighted by molar-refractivity contribution is 6.33. The number of rotatable bonds is 4. The van der Waals surface area contributed by atoms with Crippen molar-refractivity contribution in [1.82, 2.24) is 9.97 Å². The van der Waals surface area contributed by atoms with Crippen LogP contribution in [-0.2, 0) is 0 Å². The number of nitrogens with zero attached hydrogens (tertiary/aromatic N) is 2. The fraction of sp³-hybridized carbons (Fsp3) is 0. The fourth-order valence-electron chi connectivity index (χ4n) is 2.77. The number of carbonyl (C=O) groups is 1. The Hall–Kier alpha value is -3.15. The molecule has 0 bridgehead atoms. The number of carboxylic acid groups (broad SMARTS) is 1. The largest absolute Gasteiger partial charge is 0.478 e. The van der Waals surface area contributed by atoms with E-state index in [-0.39, 0.29) is 18.0 Å². The standard InChI is InChI=1S/C21H14ClN3O2.ClH/c22-17-7-3-1-5-15(17)19-24-18-8-4-2-6-16(18)20(25-19)23-14-11-9-13(10-12-14)21(26)27;/h1-12H,(H,26,27)(H,23,24,25);1H. The summed E-state index contributed by atoms with van der Waals surface area (Å²) in [5, 5.41) is 13.7. The highest BCUT2D eigenvalue weighted by atomic mass is 35.5. The first kappa shape index (κ1) is 19.6. The maximum absolute atomic E-state index is 11.0. The third kappa shape index (κ3) is 3.91. The maximum atomic E-state index is 11.0. The summed E-state index contributed by atoms with van der Waals surface area (Å²) in [6, 6.07) is 21.6. The number of para-hydroxylation sites is 1. The van der Waals surface area contributed by atoms with Gasteiger partial charge in [0.05, 0.1) is 16.1 Å². The molecule has 0 aliphatic carbocycles. The van der Waals surface area contributed by atoms with Gasteiger partial charge >= 0.3 is 5.97 Å². The molecular weight excluding hydrogens is 397 g/mol. The van der Waals surface area contributed by atoms with Crippen molar-refractivity contribution in [1.29, 1.82) is 0 Å². The van der Waals surface area contributed by atoms with E-state index >= 15 is 0 Å². The molecule has 0 aliphatic rings. The predicted octanol–water partition coefficient (Wildman–Crippen LogP) is 5.81. The third-order valence-electron chi connectivity index (χ3n) is 4.11. The molecule has 0 fully saturated rings. The highest BCUT2D eigenvalue weighted by Crippen LogP contribution is 2.30. The number of hydrogen-bond acceptors (Lipinski definition) is 4. The lowest BCUT2D eigenvalue weighted by Crippen LogP contribution is -2.00. The molecular formula is C21H15Cl2N3O2. The summed E-state index contributed by atoms with van der Waals surface area (Å²) in [6.45, 7) is 0. The van der Waals surface area contributed by atoms with Crippen molar-refractivity contribution in [3.05, 3.63) is 83.4 Å². The van der Waals surface area contributed by atoms with Gasteiger partial charge < -0.3 is 10.4 Å². The number of nitrogens with one attached hydrogen (secondary N) is 1. The Morgan fingerprint density at radius 3 is 2.29 bits per heavy atom. The Labute approximate surface area is 172 Å². The summed E-state index contributed by atoms with van der Waals surface area (Å²) >= 11 is 6.31. The van der Waals surface area contributed by atoms with Gasteiger partial charge in [0.1, 0.15) is 5.82 Å². The van der Waals surface area contributed by atoms with Crippen LogP contribution in [0.15, 0.2) is 72.8 Å². The van der Waals surface area contributed by atoms with Gasteiger partial charge in [-0.2, -0.15) is 0 Å². The molecule has 0 saturated heterocycles. The first-order valence-electron chi connectivity index (χ1n) is 8.24. The molecule has 0 unspecified atom stereocenters. The van der Waals surface area contributed by atoms with Crippen molar-refractivity contribution in [2.75, 3.05) is 5.32 Å². The minimum Gasteiger partial charge on any atom is -0.478 e. The van der Waals surface area contributed by atoms with E-state index in [1.807, 2.05) is 42.5 Å². The molecule has 0 spiro atoms. The van der Waals surface area contributed by atoms with Crippen molar-refractivity contribution in [2.45, 2.75) is 0 Å². The van der Waals surface area contributed by atoms with E-state index in [1.165, 1.54) is 0 Å². The van der Waals surface area contributed by atoms with E-state index in [0.29, 0.717) is 16.7 Å². The molecule has 4 aromatic rings. The number of benzene rings is 3. The number of carboxylic acids is 1. The number of fused-ring (bicyclic) bond motifs is 1. The van der Waals surface area contributed by atoms with Crippen LogP contribution in [0.1, 0.15) is 10.4 Å². The highest BCUT2D eigenvalue weighted by Gasteiger charge is 2.12. The topological polar surface area (TPSA) is 75.1 Å². The second kappa shape index (κ2) is 8.25. The van der Waals surface area contributed by atoms with E-state index in [0.717, 1.165) is 22.2 Å². The van der Waals surface area contributed by atoms with Crippen LogP contribution in [0, 0.1) is 0 Å². The van der Waals surface area contributed by atoms with Gasteiger partial charge in [-0.05, 0) is 48.5 Å². The first-order chi connectivity index (χ1) is 13.1. The Balaban J connectivity index is 0.00000225. The molecule has 4 rings (SSSR count). The molecule has 28 heavy (non-hydrogen) atoms. The van der Waals surface area contributed by atoms with Crippen LogP contribution in [0.2, 0.25) is 5.02 Å². The molecule has 140 valence electrons. The van der Waals surface area contributed by atoms with Crippen molar-refractivity contribution >= 4 is 52.4 Å². The third-order valence-corrected chi connectivity index (χ3v) is 4.44. The van der Waals surface area contributed by atoms with Crippen molar-refractivity contribution in [2.24, 2.45) is 0 Å². The monoisotopic (exact) mass is 411 g/mol. The zero-order valence-corrected chi connectivity index (χ0v) is 16.0. The summed E-state index contributed by atoms with van der Waals surface area (Å²) in [5.41, 5.74) is 2.49. The molecule has 3 aromatic carbocycles. The summed E-state index contributed by atoms with van der Waals surface area (Å²) in [7, 11) is 0. The number of hydrogen-bond donors (Lipinski definition) is 2. The molecule has 7 heteroatoms. The van der Waals surface area contributed by atoms with Gasteiger partial charge in [0.15, 0.2) is 5.82 Å². The zero-order chi connectivity index (χ0) is 18.8. The van der Waals surface area contributed by atoms with Gasteiger partial charge in [0, 0.05) is 16.6 Å². The quantitative estimate of drug-likeness (QED) is 0.442. The lowest BCUT2D eigenvalue weighted by molar-refractivity contribution is 0.0697. The van der Waals surface area contributed by atoms with Crippen molar-refractivity contribution in [3.63, 3.8) is 0 Å². The number of halogens is 2. The van der Waals surface area contributed by atoms with E-state index in [1.54, 1.807) is 30.3 Å². The summed E-state index contributed by atoms with van der Waals surface area (Å²) < 4.78 is 0. The normalized spacial score (nSPS) is 10.3. The van der Waals surface area contributed by atoms with Crippen LogP contribution in [-0.4, -0.2) is 21.0 Å². The molecule has 0 amide bonds. The molecule has 1 heterocycles. The Bertz CT molecular complexity index is 1150. The SMILES string of the molecule is Cl.O=C(O)c1ccc(Nc2nc(-c3ccccc3Cl)nc3ccccc23)cc1. The lowest BCUT2D eigenvalue weighted by atomic mass is 10.1. The van der Waals surface area contributed by atoms with Crippen LogP contribution in [0.4, 0.5) is 11.5 Å². The summed E-state index contributed by atoms with van der Waals surface area (Å²) in [6.07, 6.45) is 0. The number of anilines is 2. The average Bonchev–Trinajstić information content (AvgIpc) is 2.68. The molecule has 5 nitrogen and oxygen atoms in total. The molecule has 0 atom stereocenters. The second-order valence-corrected chi connectivity index (χ2v) is 6.31. The summed E-state index contributed by atoms with van der Waals surface area (Å²) in [5.74, 6) is 0.178. The fourth-order valence-corrected chi connectivity index (χ4v) is 2.99. The van der Waals surface area contributed by atoms with Gasteiger partial charge in [-0.1, -0.05) is 35.9 Å². The minimum atomic E-state index is -0.963. The molecule has 0 saturated carbocycles. The van der Waals surface area contributed by atoms with Gasteiger partial charge in [0.2, 0.25) is 0 Å². The van der Waals surface area contributed by atoms with Crippen LogP contribution in [0.3, 0.4) is 0 Å². The minimum absolute atomic E-state index is 0. The van der Waals surface area contributed by atoms with Crippen LogP contribution < -0.4 is 5.32 Å². The van der Waals surface area contributed by atoms with E-state index in [4.69, 9.17) is 16.7 Å². The van der Waals surface area contributed by atoms with Crippen LogP contribution in [0.5, 0.6) is 0 Å². The number of aromatic carboxylic acids is 1. The van der Waals surface area contributed by atoms with Crippen LogP contribution in [0.25, 0.3) is 22.3 Å². The molecule has 0 radical (unpaired) electrons. The Morgan fingerprint density at radius 2 is 1.57 bits per heavy atom. The van der Waals surface area contributed by atoms with Crippen molar-refractivity contribution < 1.29 is 9.90 Å². The first-order valence-corrected chi connectivity index (χ1v) is 8.62. The smallest absolute Gasteiger partial charge is 0.335 e. The number of aromatic nitrogens is 2. The zero-order valence-electron chi connectivity index (χ0n) is 14.5. The lowest BCUT2D eigenvalue weighted by Gasteiger charge is -2.12.